The normalized spacial score (nSPS) is 27.4. The van der Waals surface area contributed by atoms with E-state index in [1.165, 1.54) is 11.1 Å². The Bertz CT molecular complexity index is 476. The number of carbonyl (C=O) groups excluding carboxylic acids is 1. The van der Waals surface area contributed by atoms with E-state index in [2.05, 4.69) is 38.1 Å². The molecule has 0 radical (unpaired) electrons. The third-order valence-corrected chi connectivity index (χ3v) is 4.29. The zero-order valence-electron chi connectivity index (χ0n) is 11.7. The lowest BCUT2D eigenvalue weighted by molar-refractivity contribution is -0.129. The molecule has 1 saturated carbocycles. The fourth-order valence-electron chi connectivity index (χ4n) is 3.05. The Balaban J connectivity index is 1.88. The summed E-state index contributed by atoms with van der Waals surface area (Å²) in [5.74, 6) is 0.764. The second-order valence-corrected chi connectivity index (χ2v) is 6.17. The van der Waals surface area contributed by atoms with Gasteiger partial charge in [0.05, 0.1) is 6.04 Å². The molecule has 2 atom stereocenters. The van der Waals surface area contributed by atoms with Crippen molar-refractivity contribution in [1.82, 2.24) is 4.90 Å². The molecule has 1 aromatic rings. The molecule has 102 valence electrons. The van der Waals surface area contributed by atoms with E-state index < -0.39 is 0 Å². The van der Waals surface area contributed by atoms with Crippen LogP contribution in [0.2, 0.25) is 0 Å². The summed E-state index contributed by atoms with van der Waals surface area (Å²) in [5.41, 5.74) is 8.72. The van der Waals surface area contributed by atoms with Crippen molar-refractivity contribution in [2.75, 3.05) is 0 Å². The van der Waals surface area contributed by atoms with E-state index in [0.717, 1.165) is 12.8 Å². The number of carbonyl (C=O) groups is 1. The molecule has 0 aromatic heterocycles. The van der Waals surface area contributed by atoms with Crippen LogP contribution in [0.25, 0.3) is 0 Å². The van der Waals surface area contributed by atoms with Gasteiger partial charge in [-0.2, -0.15) is 0 Å². The maximum absolute atomic E-state index is 12.1. The highest BCUT2D eigenvalue weighted by Gasteiger charge is 2.45. The fraction of sp³-hybridized carbons (Fsp3) is 0.562. The lowest BCUT2D eigenvalue weighted by Crippen LogP contribution is -2.34. The number of rotatable bonds is 3. The first kappa shape index (κ1) is 12.7. The standard InChI is InChI=1S/C16H22N2O/c1-10(2)11-3-5-12(6-4-11)16-14(17)9-15(19)18(16)13-7-8-13/h3-6,10,13-14,16H,7-9,17H2,1-2H3. The number of hydrogen-bond acceptors (Lipinski definition) is 2. The summed E-state index contributed by atoms with van der Waals surface area (Å²) in [4.78, 5) is 14.1. The number of hydrogen-bond donors (Lipinski definition) is 1. The van der Waals surface area contributed by atoms with Crippen LogP contribution in [0, 0.1) is 0 Å². The summed E-state index contributed by atoms with van der Waals surface area (Å²) < 4.78 is 0. The third kappa shape index (κ3) is 2.27. The van der Waals surface area contributed by atoms with E-state index in [1.54, 1.807) is 0 Å². The van der Waals surface area contributed by atoms with E-state index in [-0.39, 0.29) is 18.0 Å². The second kappa shape index (κ2) is 4.64. The van der Waals surface area contributed by atoms with Crippen LogP contribution in [-0.2, 0) is 4.79 Å². The van der Waals surface area contributed by atoms with E-state index >= 15 is 0 Å². The molecule has 3 heteroatoms. The van der Waals surface area contributed by atoms with Crippen LogP contribution < -0.4 is 5.73 Å². The van der Waals surface area contributed by atoms with Crippen molar-refractivity contribution in [3.05, 3.63) is 35.4 Å². The first-order valence-electron chi connectivity index (χ1n) is 7.24. The van der Waals surface area contributed by atoms with Gasteiger partial charge in [-0.05, 0) is 29.9 Å². The smallest absolute Gasteiger partial charge is 0.225 e. The van der Waals surface area contributed by atoms with Crippen molar-refractivity contribution in [3.63, 3.8) is 0 Å². The topological polar surface area (TPSA) is 46.3 Å². The monoisotopic (exact) mass is 258 g/mol. The molecule has 0 spiro atoms. The number of benzene rings is 1. The fourth-order valence-corrected chi connectivity index (χ4v) is 3.05. The zero-order chi connectivity index (χ0) is 13.6. The van der Waals surface area contributed by atoms with Gasteiger partial charge in [-0.15, -0.1) is 0 Å². The molecular weight excluding hydrogens is 236 g/mol. The van der Waals surface area contributed by atoms with Gasteiger partial charge >= 0.3 is 0 Å². The highest BCUT2D eigenvalue weighted by atomic mass is 16.2. The van der Waals surface area contributed by atoms with E-state index in [9.17, 15) is 4.79 Å². The Kier molecular flexibility index (Phi) is 3.09. The molecule has 3 nitrogen and oxygen atoms in total. The predicted octanol–water partition coefficient (Wildman–Crippen LogP) is 2.57. The maximum atomic E-state index is 12.1. The zero-order valence-corrected chi connectivity index (χ0v) is 11.7. The Morgan fingerprint density at radius 2 is 1.84 bits per heavy atom. The van der Waals surface area contributed by atoms with Gasteiger partial charge in [-0.1, -0.05) is 38.1 Å². The molecule has 1 aliphatic carbocycles. The van der Waals surface area contributed by atoms with Crippen molar-refractivity contribution in [1.29, 1.82) is 0 Å². The van der Waals surface area contributed by atoms with Crippen LogP contribution in [0.1, 0.15) is 56.2 Å². The molecule has 1 aromatic carbocycles. The van der Waals surface area contributed by atoms with Gasteiger partial charge in [-0.3, -0.25) is 4.79 Å². The van der Waals surface area contributed by atoms with Crippen LogP contribution in [0.4, 0.5) is 0 Å². The predicted molar refractivity (Wildman–Crippen MR) is 75.7 cm³/mol. The van der Waals surface area contributed by atoms with Crippen molar-refractivity contribution >= 4 is 5.91 Å². The lowest BCUT2D eigenvalue weighted by atomic mass is 9.96. The van der Waals surface area contributed by atoms with Crippen molar-refractivity contribution < 1.29 is 4.79 Å². The van der Waals surface area contributed by atoms with Crippen molar-refractivity contribution in [3.8, 4) is 0 Å². The van der Waals surface area contributed by atoms with Gasteiger partial charge in [-0.25, -0.2) is 0 Å². The van der Waals surface area contributed by atoms with E-state index in [0.29, 0.717) is 18.4 Å². The summed E-state index contributed by atoms with van der Waals surface area (Å²) >= 11 is 0. The molecule has 1 saturated heterocycles. The average molecular weight is 258 g/mol. The summed E-state index contributed by atoms with van der Waals surface area (Å²) in [6.07, 6.45) is 2.77. The highest BCUT2D eigenvalue weighted by molar-refractivity contribution is 5.81. The maximum Gasteiger partial charge on any atom is 0.225 e. The van der Waals surface area contributed by atoms with Crippen LogP contribution in [0.5, 0.6) is 0 Å². The summed E-state index contributed by atoms with van der Waals surface area (Å²) in [5, 5.41) is 0. The van der Waals surface area contributed by atoms with Crippen LogP contribution >= 0.6 is 0 Å². The number of nitrogens with two attached hydrogens (primary N) is 1. The molecular formula is C16H22N2O. The summed E-state index contributed by atoms with van der Waals surface area (Å²) in [6, 6.07) is 9.10. The Morgan fingerprint density at radius 3 is 2.37 bits per heavy atom. The van der Waals surface area contributed by atoms with Gasteiger partial charge < -0.3 is 10.6 Å². The first-order valence-corrected chi connectivity index (χ1v) is 7.24. The summed E-state index contributed by atoms with van der Waals surface area (Å²) in [7, 11) is 0. The largest absolute Gasteiger partial charge is 0.331 e. The van der Waals surface area contributed by atoms with Gasteiger partial charge in [0.1, 0.15) is 0 Å². The van der Waals surface area contributed by atoms with Gasteiger partial charge in [0, 0.05) is 18.5 Å². The Hall–Kier alpha value is -1.35. The van der Waals surface area contributed by atoms with E-state index in [4.69, 9.17) is 5.73 Å². The molecule has 2 aliphatic rings. The molecule has 2 unspecified atom stereocenters. The van der Waals surface area contributed by atoms with Crippen LogP contribution in [-0.4, -0.2) is 22.9 Å². The van der Waals surface area contributed by atoms with Crippen LogP contribution in [0.3, 0.4) is 0 Å². The minimum absolute atomic E-state index is 0.0574. The SMILES string of the molecule is CC(C)c1ccc(C2C(N)CC(=O)N2C2CC2)cc1. The Labute approximate surface area is 114 Å². The first-order chi connectivity index (χ1) is 9.08. The number of amides is 1. The molecule has 3 rings (SSSR count). The Morgan fingerprint density at radius 1 is 1.21 bits per heavy atom. The molecule has 0 bridgehead atoms. The van der Waals surface area contributed by atoms with E-state index in [1.807, 2.05) is 4.90 Å². The molecule has 1 heterocycles. The van der Waals surface area contributed by atoms with Crippen molar-refractivity contribution in [2.45, 2.75) is 57.2 Å². The third-order valence-electron chi connectivity index (χ3n) is 4.29. The van der Waals surface area contributed by atoms with Gasteiger partial charge in [0.15, 0.2) is 0 Å². The average Bonchev–Trinajstić information content (AvgIpc) is 3.15. The number of nitrogens with zero attached hydrogens (tertiary/aromatic N) is 1. The number of likely N-dealkylation sites (tertiary alicyclic amines) is 1. The van der Waals surface area contributed by atoms with Gasteiger partial charge in [0.2, 0.25) is 5.91 Å². The van der Waals surface area contributed by atoms with Crippen LogP contribution in [0.15, 0.2) is 24.3 Å². The molecule has 1 amide bonds. The molecule has 2 fully saturated rings. The highest BCUT2D eigenvalue weighted by Crippen LogP contribution is 2.41. The molecule has 2 N–H and O–H groups in total. The second-order valence-electron chi connectivity index (χ2n) is 6.17. The summed E-state index contributed by atoms with van der Waals surface area (Å²) in [6.45, 7) is 4.38. The quantitative estimate of drug-likeness (QED) is 0.905. The van der Waals surface area contributed by atoms with Crippen molar-refractivity contribution in [2.24, 2.45) is 5.73 Å². The molecule has 19 heavy (non-hydrogen) atoms. The lowest BCUT2D eigenvalue weighted by Gasteiger charge is -2.27. The van der Waals surface area contributed by atoms with Gasteiger partial charge in [0.25, 0.3) is 0 Å². The minimum atomic E-state index is -0.0574. The molecule has 1 aliphatic heterocycles. The minimum Gasteiger partial charge on any atom is -0.331 e.